The van der Waals surface area contributed by atoms with E-state index in [-0.39, 0.29) is 11.7 Å². The van der Waals surface area contributed by atoms with Crippen molar-refractivity contribution in [3.63, 3.8) is 0 Å². The maximum Gasteiger partial charge on any atom is 0.419 e. The number of rotatable bonds is 6. The normalized spacial score (nSPS) is 18.3. The molecule has 1 aliphatic rings. The summed E-state index contributed by atoms with van der Waals surface area (Å²) in [7, 11) is 0. The van der Waals surface area contributed by atoms with E-state index in [2.05, 4.69) is 23.6 Å². The van der Waals surface area contributed by atoms with Crippen molar-refractivity contribution in [2.24, 2.45) is 5.92 Å². The Morgan fingerprint density at radius 2 is 1.67 bits per heavy atom. The van der Waals surface area contributed by atoms with E-state index < -0.39 is 23.5 Å². The van der Waals surface area contributed by atoms with Crippen molar-refractivity contribution in [2.45, 2.75) is 45.8 Å². The van der Waals surface area contributed by atoms with Crippen molar-refractivity contribution >= 4 is 5.78 Å². The van der Waals surface area contributed by atoms with Crippen LogP contribution < -0.4 is 0 Å². The van der Waals surface area contributed by atoms with E-state index in [1.54, 1.807) is 13.8 Å². The van der Waals surface area contributed by atoms with Crippen molar-refractivity contribution in [1.29, 1.82) is 0 Å². The van der Waals surface area contributed by atoms with Crippen molar-refractivity contribution in [1.82, 2.24) is 9.80 Å². The average Bonchev–Trinajstić information content (AvgIpc) is 2.58. The van der Waals surface area contributed by atoms with Gasteiger partial charge in [-0.05, 0) is 31.5 Å². The molecule has 1 aromatic carbocycles. The lowest BCUT2D eigenvalue weighted by Gasteiger charge is -2.38. The van der Waals surface area contributed by atoms with Crippen LogP contribution in [0.25, 0.3) is 0 Å². The number of carbonyl (C=O) groups is 1. The smallest absolute Gasteiger partial charge is 0.300 e. The zero-order valence-electron chi connectivity index (χ0n) is 16.3. The predicted octanol–water partition coefficient (Wildman–Crippen LogP) is 4.18. The number of nitrogens with zero attached hydrogens (tertiary/aromatic N) is 2. The largest absolute Gasteiger partial charge is 0.419 e. The first-order chi connectivity index (χ1) is 12.5. The highest BCUT2D eigenvalue weighted by Crippen LogP contribution is 2.33. The molecule has 1 saturated heterocycles. The summed E-state index contributed by atoms with van der Waals surface area (Å²) in [6.45, 7) is 11.5. The lowest BCUT2D eigenvalue weighted by atomic mass is 9.87. The maximum atomic E-state index is 14.0. The van der Waals surface area contributed by atoms with Gasteiger partial charge in [-0.25, -0.2) is 4.39 Å². The van der Waals surface area contributed by atoms with Crippen molar-refractivity contribution < 1.29 is 22.4 Å². The van der Waals surface area contributed by atoms with E-state index in [0.717, 1.165) is 38.3 Å². The first-order valence-electron chi connectivity index (χ1n) is 9.37. The van der Waals surface area contributed by atoms with Crippen LogP contribution in [-0.2, 0) is 11.0 Å². The summed E-state index contributed by atoms with van der Waals surface area (Å²) in [5.41, 5.74) is -0.988. The summed E-state index contributed by atoms with van der Waals surface area (Å²) in [4.78, 5) is 17.2. The van der Waals surface area contributed by atoms with Crippen molar-refractivity contribution in [3.8, 4) is 0 Å². The van der Waals surface area contributed by atoms with E-state index in [9.17, 15) is 22.4 Å². The molecule has 0 unspecified atom stereocenters. The second-order valence-electron chi connectivity index (χ2n) is 7.78. The van der Waals surface area contributed by atoms with Crippen LogP contribution in [0.4, 0.5) is 17.6 Å². The number of alkyl halides is 3. The molecular weight excluding hydrogens is 360 g/mol. The highest BCUT2D eigenvalue weighted by Gasteiger charge is 2.35. The molecular formula is C20H28F4N2O. The molecule has 0 aromatic heterocycles. The van der Waals surface area contributed by atoms with E-state index in [4.69, 9.17) is 0 Å². The number of hydrogen-bond donors (Lipinski definition) is 0. The number of hydrogen-bond acceptors (Lipinski definition) is 3. The Bertz CT molecular complexity index is 650. The minimum Gasteiger partial charge on any atom is -0.300 e. The topological polar surface area (TPSA) is 23.6 Å². The molecule has 0 bridgehead atoms. The standard InChI is InChI=1S/C20H28F4N2O/c1-13(2)19(27)16(12-25-7-9-26(10-8-25)14(3)4)15-5-6-17(18(21)11-15)20(22,23)24/h5-6,11,13-14,16H,7-10,12H2,1-4H3/t16-/m0/s1. The molecule has 0 spiro atoms. The Morgan fingerprint density at radius 3 is 2.11 bits per heavy atom. The molecule has 1 aromatic rings. The Balaban J connectivity index is 2.21. The van der Waals surface area contributed by atoms with Gasteiger partial charge in [-0.1, -0.05) is 19.9 Å². The summed E-state index contributed by atoms with van der Waals surface area (Å²) in [5.74, 6) is -2.32. The van der Waals surface area contributed by atoms with Gasteiger partial charge in [0.2, 0.25) is 0 Å². The molecule has 152 valence electrons. The van der Waals surface area contributed by atoms with Crippen molar-refractivity contribution in [2.75, 3.05) is 32.7 Å². The minimum atomic E-state index is -4.74. The third-order valence-electron chi connectivity index (χ3n) is 5.19. The third-order valence-corrected chi connectivity index (χ3v) is 5.19. The van der Waals surface area contributed by atoms with Crippen LogP contribution in [-0.4, -0.2) is 54.3 Å². The molecule has 0 radical (unpaired) electrons. The van der Waals surface area contributed by atoms with Gasteiger partial charge in [0.15, 0.2) is 0 Å². The Kier molecular flexibility index (Phi) is 7.03. The van der Waals surface area contributed by atoms with E-state index in [1.165, 1.54) is 6.07 Å². The van der Waals surface area contributed by atoms with Crippen LogP contribution in [0.5, 0.6) is 0 Å². The molecule has 1 heterocycles. The van der Waals surface area contributed by atoms with Crippen LogP contribution in [0.1, 0.15) is 44.7 Å². The third kappa shape index (κ3) is 5.51. The number of Topliss-reactive ketones (excluding diaryl/α,β-unsaturated/α-hetero) is 1. The quantitative estimate of drug-likeness (QED) is 0.683. The fourth-order valence-electron chi connectivity index (χ4n) is 3.46. The molecule has 7 heteroatoms. The number of ketones is 1. The van der Waals surface area contributed by atoms with Gasteiger partial charge in [0.25, 0.3) is 0 Å². The van der Waals surface area contributed by atoms with Gasteiger partial charge in [-0.15, -0.1) is 0 Å². The van der Waals surface area contributed by atoms with Crippen LogP contribution >= 0.6 is 0 Å². The summed E-state index contributed by atoms with van der Waals surface area (Å²) in [5, 5.41) is 0. The van der Waals surface area contributed by atoms with Crippen LogP contribution in [0, 0.1) is 11.7 Å². The van der Waals surface area contributed by atoms with Gasteiger partial charge in [-0.2, -0.15) is 13.2 Å². The van der Waals surface area contributed by atoms with E-state index >= 15 is 0 Å². The number of piperazine rings is 1. The first kappa shape index (κ1) is 21.8. The van der Waals surface area contributed by atoms with Gasteiger partial charge in [0.1, 0.15) is 11.6 Å². The highest BCUT2D eigenvalue weighted by atomic mass is 19.4. The molecule has 27 heavy (non-hydrogen) atoms. The Labute approximate surface area is 158 Å². The fraction of sp³-hybridized carbons (Fsp3) is 0.650. The highest BCUT2D eigenvalue weighted by molar-refractivity contribution is 5.87. The number of halogens is 4. The molecule has 1 aliphatic heterocycles. The summed E-state index contributed by atoms with van der Waals surface area (Å²) in [6, 6.07) is 3.30. The van der Waals surface area contributed by atoms with Crippen LogP contribution in [0.15, 0.2) is 18.2 Å². The fourth-order valence-corrected chi connectivity index (χ4v) is 3.46. The number of benzene rings is 1. The maximum absolute atomic E-state index is 14.0. The second kappa shape index (κ2) is 8.69. The molecule has 0 amide bonds. The summed E-state index contributed by atoms with van der Waals surface area (Å²) >= 11 is 0. The lowest BCUT2D eigenvalue weighted by molar-refractivity contribution is -0.140. The van der Waals surface area contributed by atoms with E-state index in [1.807, 2.05) is 0 Å². The lowest BCUT2D eigenvalue weighted by Crippen LogP contribution is -2.50. The number of carbonyl (C=O) groups excluding carboxylic acids is 1. The zero-order valence-corrected chi connectivity index (χ0v) is 16.3. The minimum absolute atomic E-state index is 0.0829. The molecule has 1 fully saturated rings. The summed E-state index contributed by atoms with van der Waals surface area (Å²) in [6.07, 6.45) is -4.74. The van der Waals surface area contributed by atoms with E-state index in [0.29, 0.717) is 18.2 Å². The first-order valence-corrected chi connectivity index (χ1v) is 9.37. The predicted molar refractivity (Wildman–Crippen MR) is 97.1 cm³/mol. The second-order valence-corrected chi connectivity index (χ2v) is 7.78. The molecule has 0 N–H and O–H groups in total. The molecule has 3 nitrogen and oxygen atoms in total. The molecule has 0 saturated carbocycles. The van der Waals surface area contributed by atoms with Gasteiger partial charge in [-0.3, -0.25) is 14.6 Å². The van der Waals surface area contributed by atoms with Gasteiger partial charge in [0, 0.05) is 44.7 Å². The SMILES string of the molecule is CC(C)C(=O)[C@@H](CN1CCN(C(C)C)CC1)c1ccc(C(F)(F)F)c(F)c1. The zero-order chi connectivity index (χ0) is 20.4. The summed E-state index contributed by atoms with van der Waals surface area (Å²) < 4.78 is 52.5. The van der Waals surface area contributed by atoms with Gasteiger partial charge in [0.05, 0.1) is 11.5 Å². The van der Waals surface area contributed by atoms with Crippen LogP contribution in [0.3, 0.4) is 0 Å². The van der Waals surface area contributed by atoms with Gasteiger partial charge < -0.3 is 0 Å². The molecule has 0 aliphatic carbocycles. The Hall–Kier alpha value is -1.47. The van der Waals surface area contributed by atoms with Crippen molar-refractivity contribution in [3.05, 3.63) is 35.1 Å². The monoisotopic (exact) mass is 388 g/mol. The Morgan fingerprint density at radius 1 is 1.07 bits per heavy atom. The molecule has 1 atom stereocenters. The van der Waals surface area contributed by atoms with Gasteiger partial charge >= 0.3 is 6.18 Å². The average molecular weight is 388 g/mol. The van der Waals surface area contributed by atoms with Crippen LogP contribution in [0.2, 0.25) is 0 Å². The molecule has 2 rings (SSSR count).